The standard InChI is InChI=1S/C8H14F2N2/c9-8(10)4-12(5-8)7-3-1-2-6(7)11/h6-7H,1-5,11H2/t6-,7?/m0/s1. The number of hydrogen-bond acceptors (Lipinski definition) is 2. The second kappa shape index (κ2) is 2.64. The van der Waals surface area contributed by atoms with Gasteiger partial charge in [0.15, 0.2) is 0 Å². The molecular weight excluding hydrogens is 162 g/mol. The van der Waals surface area contributed by atoms with E-state index in [4.69, 9.17) is 5.73 Å². The molecule has 1 saturated carbocycles. The fourth-order valence-electron chi connectivity index (χ4n) is 2.20. The Bertz CT molecular complexity index is 176. The van der Waals surface area contributed by atoms with Crippen LogP contribution >= 0.6 is 0 Å². The molecule has 0 aromatic carbocycles. The average molecular weight is 176 g/mol. The zero-order valence-electron chi connectivity index (χ0n) is 6.97. The van der Waals surface area contributed by atoms with Crippen LogP contribution in [0.4, 0.5) is 8.78 Å². The minimum Gasteiger partial charge on any atom is -0.326 e. The molecule has 0 amide bonds. The lowest BCUT2D eigenvalue weighted by molar-refractivity contribution is -0.146. The summed E-state index contributed by atoms with van der Waals surface area (Å²) in [6.07, 6.45) is 3.08. The van der Waals surface area contributed by atoms with Gasteiger partial charge in [-0.3, -0.25) is 4.90 Å². The predicted octanol–water partition coefficient (Wildman–Crippen LogP) is 0.817. The Morgan fingerprint density at radius 2 is 1.92 bits per heavy atom. The van der Waals surface area contributed by atoms with Crippen molar-refractivity contribution in [1.82, 2.24) is 4.90 Å². The largest absolute Gasteiger partial charge is 0.326 e. The van der Waals surface area contributed by atoms with Gasteiger partial charge in [-0.15, -0.1) is 0 Å². The van der Waals surface area contributed by atoms with Crippen molar-refractivity contribution in [3.05, 3.63) is 0 Å². The molecule has 0 bridgehead atoms. The van der Waals surface area contributed by atoms with E-state index < -0.39 is 5.92 Å². The highest BCUT2D eigenvalue weighted by molar-refractivity contribution is 4.97. The number of halogens is 2. The molecule has 1 aliphatic carbocycles. The SMILES string of the molecule is N[C@H]1CCCC1N1CC(F)(F)C1. The molecule has 1 saturated heterocycles. The van der Waals surface area contributed by atoms with Crippen LogP contribution in [0, 0.1) is 0 Å². The maximum absolute atomic E-state index is 12.5. The Kier molecular flexibility index (Phi) is 1.84. The summed E-state index contributed by atoms with van der Waals surface area (Å²) in [5.74, 6) is -2.44. The number of rotatable bonds is 1. The van der Waals surface area contributed by atoms with E-state index in [0.717, 1.165) is 19.3 Å². The van der Waals surface area contributed by atoms with Crippen LogP contribution in [-0.2, 0) is 0 Å². The molecule has 2 nitrogen and oxygen atoms in total. The summed E-state index contributed by atoms with van der Waals surface area (Å²) in [4.78, 5) is 1.82. The average Bonchev–Trinajstić information content (AvgIpc) is 2.30. The number of nitrogens with zero attached hydrogens (tertiary/aromatic N) is 1. The summed E-state index contributed by atoms with van der Waals surface area (Å²) in [5, 5.41) is 0. The summed E-state index contributed by atoms with van der Waals surface area (Å²) in [7, 11) is 0. The smallest absolute Gasteiger partial charge is 0.272 e. The molecule has 0 aromatic heterocycles. The van der Waals surface area contributed by atoms with Crippen LogP contribution in [0.5, 0.6) is 0 Å². The minimum atomic E-state index is -2.44. The first kappa shape index (κ1) is 8.38. The van der Waals surface area contributed by atoms with Gasteiger partial charge in [0, 0.05) is 12.1 Å². The van der Waals surface area contributed by atoms with Crippen LogP contribution in [0.15, 0.2) is 0 Å². The van der Waals surface area contributed by atoms with E-state index in [1.807, 2.05) is 4.90 Å². The number of nitrogens with two attached hydrogens (primary N) is 1. The molecule has 2 aliphatic rings. The molecule has 70 valence electrons. The first-order chi connectivity index (χ1) is 5.58. The first-order valence-corrected chi connectivity index (χ1v) is 4.46. The van der Waals surface area contributed by atoms with Gasteiger partial charge in [0.05, 0.1) is 13.1 Å². The molecule has 1 heterocycles. The normalized spacial score (nSPS) is 41.2. The van der Waals surface area contributed by atoms with E-state index in [1.165, 1.54) is 0 Å². The highest BCUT2D eigenvalue weighted by Gasteiger charge is 2.48. The number of likely N-dealkylation sites (tertiary alicyclic amines) is 1. The van der Waals surface area contributed by atoms with Gasteiger partial charge in [-0.1, -0.05) is 6.42 Å². The summed E-state index contributed by atoms with van der Waals surface area (Å²) >= 11 is 0. The monoisotopic (exact) mass is 176 g/mol. The molecule has 2 atom stereocenters. The minimum absolute atomic E-state index is 0.0780. The van der Waals surface area contributed by atoms with Gasteiger partial charge in [0.1, 0.15) is 0 Å². The Morgan fingerprint density at radius 1 is 1.25 bits per heavy atom. The van der Waals surface area contributed by atoms with Crippen molar-refractivity contribution in [3.8, 4) is 0 Å². The van der Waals surface area contributed by atoms with Crippen molar-refractivity contribution in [2.24, 2.45) is 5.73 Å². The Balaban J connectivity index is 1.87. The zero-order chi connectivity index (χ0) is 8.77. The Hall–Kier alpha value is -0.220. The third-order valence-corrected chi connectivity index (χ3v) is 2.87. The third kappa shape index (κ3) is 1.33. The summed E-state index contributed by atoms with van der Waals surface area (Å²) in [6, 6.07) is 0.353. The Labute approximate surface area is 70.7 Å². The van der Waals surface area contributed by atoms with Crippen LogP contribution < -0.4 is 5.73 Å². The molecule has 0 radical (unpaired) electrons. The van der Waals surface area contributed by atoms with Crippen molar-refractivity contribution in [3.63, 3.8) is 0 Å². The van der Waals surface area contributed by atoms with Crippen LogP contribution in [-0.4, -0.2) is 36.0 Å². The predicted molar refractivity (Wildman–Crippen MR) is 42.1 cm³/mol. The van der Waals surface area contributed by atoms with Crippen molar-refractivity contribution in [2.45, 2.75) is 37.3 Å². The molecule has 2 rings (SSSR count). The van der Waals surface area contributed by atoms with E-state index in [1.54, 1.807) is 0 Å². The molecule has 0 aromatic rings. The molecular formula is C8H14F2N2. The lowest BCUT2D eigenvalue weighted by Gasteiger charge is -2.44. The van der Waals surface area contributed by atoms with Crippen molar-refractivity contribution < 1.29 is 8.78 Å². The maximum Gasteiger partial charge on any atom is 0.272 e. The molecule has 2 N–H and O–H groups in total. The zero-order valence-corrected chi connectivity index (χ0v) is 6.97. The van der Waals surface area contributed by atoms with Gasteiger partial charge in [0.25, 0.3) is 5.92 Å². The van der Waals surface area contributed by atoms with Crippen LogP contribution in [0.1, 0.15) is 19.3 Å². The van der Waals surface area contributed by atoms with Crippen molar-refractivity contribution >= 4 is 0 Å². The molecule has 12 heavy (non-hydrogen) atoms. The number of hydrogen-bond donors (Lipinski definition) is 1. The van der Waals surface area contributed by atoms with Gasteiger partial charge in [0.2, 0.25) is 0 Å². The third-order valence-electron chi connectivity index (χ3n) is 2.87. The van der Waals surface area contributed by atoms with Gasteiger partial charge in [-0.2, -0.15) is 0 Å². The summed E-state index contributed by atoms with van der Waals surface area (Å²) < 4.78 is 25.0. The number of alkyl halides is 2. The van der Waals surface area contributed by atoms with Gasteiger partial charge in [-0.05, 0) is 12.8 Å². The Morgan fingerprint density at radius 3 is 2.33 bits per heavy atom. The fraction of sp³-hybridized carbons (Fsp3) is 1.00. The molecule has 1 aliphatic heterocycles. The van der Waals surface area contributed by atoms with E-state index in [9.17, 15) is 8.78 Å². The van der Waals surface area contributed by atoms with Crippen molar-refractivity contribution in [2.75, 3.05) is 13.1 Å². The van der Waals surface area contributed by atoms with E-state index >= 15 is 0 Å². The highest BCUT2D eigenvalue weighted by atomic mass is 19.3. The summed E-state index contributed by atoms with van der Waals surface area (Å²) in [5.41, 5.74) is 5.79. The quantitative estimate of drug-likeness (QED) is 0.640. The first-order valence-electron chi connectivity index (χ1n) is 4.46. The lowest BCUT2D eigenvalue weighted by Crippen LogP contribution is -2.62. The molecule has 1 unspecified atom stereocenters. The molecule has 0 spiro atoms. The van der Waals surface area contributed by atoms with Gasteiger partial charge < -0.3 is 5.73 Å². The topological polar surface area (TPSA) is 29.3 Å². The summed E-state index contributed by atoms with van der Waals surface area (Å²) in [6.45, 7) is -0.156. The molecule has 2 fully saturated rings. The van der Waals surface area contributed by atoms with E-state index in [-0.39, 0.29) is 25.2 Å². The van der Waals surface area contributed by atoms with Gasteiger partial charge in [-0.25, -0.2) is 8.78 Å². The maximum atomic E-state index is 12.5. The van der Waals surface area contributed by atoms with Gasteiger partial charge >= 0.3 is 0 Å². The molecule has 4 heteroatoms. The fourth-order valence-corrected chi connectivity index (χ4v) is 2.20. The second-order valence-corrected chi connectivity index (χ2v) is 3.92. The van der Waals surface area contributed by atoms with E-state index in [0.29, 0.717) is 0 Å². The lowest BCUT2D eigenvalue weighted by atomic mass is 10.0. The highest BCUT2D eigenvalue weighted by Crippen LogP contribution is 2.33. The van der Waals surface area contributed by atoms with E-state index in [2.05, 4.69) is 0 Å². The van der Waals surface area contributed by atoms with Crippen LogP contribution in [0.25, 0.3) is 0 Å². The van der Waals surface area contributed by atoms with Crippen molar-refractivity contribution in [1.29, 1.82) is 0 Å². The van der Waals surface area contributed by atoms with Crippen LogP contribution in [0.2, 0.25) is 0 Å². The van der Waals surface area contributed by atoms with Crippen LogP contribution in [0.3, 0.4) is 0 Å². The second-order valence-electron chi connectivity index (χ2n) is 3.92.